The van der Waals surface area contributed by atoms with Crippen LogP contribution < -0.4 is 5.11 Å². The Balaban J connectivity index is 1.92. The molecular formula is C15H23O2-. The lowest BCUT2D eigenvalue weighted by atomic mass is 9.79. The SMILES string of the molecule is C=C(C(=O)[O-])C1CCCCCC(CC2CC2)C1. The van der Waals surface area contributed by atoms with Crippen molar-refractivity contribution in [3.05, 3.63) is 12.2 Å². The molecule has 2 unspecified atom stereocenters. The maximum absolute atomic E-state index is 10.9. The third kappa shape index (κ3) is 3.86. The molecule has 0 aromatic rings. The minimum Gasteiger partial charge on any atom is -0.545 e. The zero-order valence-corrected chi connectivity index (χ0v) is 10.6. The van der Waals surface area contributed by atoms with Gasteiger partial charge in [-0.3, -0.25) is 0 Å². The van der Waals surface area contributed by atoms with Crippen LogP contribution in [0.3, 0.4) is 0 Å². The van der Waals surface area contributed by atoms with E-state index in [0.717, 1.165) is 31.1 Å². The third-order valence-corrected chi connectivity index (χ3v) is 4.40. The summed E-state index contributed by atoms with van der Waals surface area (Å²) >= 11 is 0. The number of aliphatic carboxylic acids is 1. The molecule has 2 fully saturated rings. The standard InChI is InChI=1S/C15H24O2/c1-11(15(16)17)14-6-4-2-3-5-13(10-14)9-12-7-8-12/h12-14H,1-10H2,(H,16,17)/p-1. The largest absolute Gasteiger partial charge is 0.545 e. The average Bonchev–Trinajstić information content (AvgIpc) is 3.04. The van der Waals surface area contributed by atoms with Gasteiger partial charge in [0.15, 0.2) is 0 Å². The third-order valence-electron chi connectivity index (χ3n) is 4.40. The minimum atomic E-state index is -1.04. The molecule has 2 heteroatoms. The number of hydrogen-bond donors (Lipinski definition) is 0. The van der Waals surface area contributed by atoms with Crippen LogP contribution in [0.5, 0.6) is 0 Å². The monoisotopic (exact) mass is 235 g/mol. The molecule has 0 aromatic carbocycles. The lowest BCUT2D eigenvalue weighted by Gasteiger charge is -2.28. The molecule has 96 valence electrons. The molecule has 0 amide bonds. The number of carboxylic acids is 1. The fraction of sp³-hybridized carbons (Fsp3) is 0.800. The maximum Gasteiger partial charge on any atom is 0.0671 e. The molecule has 2 saturated carbocycles. The van der Waals surface area contributed by atoms with Gasteiger partial charge in [-0.25, -0.2) is 0 Å². The van der Waals surface area contributed by atoms with Crippen molar-refractivity contribution in [3.8, 4) is 0 Å². The van der Waals surface area contributed by atoms with E-state index in [1.165, 1.54) is 38.5 Å². The van der Waals surface area contributed by atoms with Crippen LogP contribution in [0.15, 0.2) is 12.2 Å². The number of carbonyl (C=O) groups excluding carboxylic acids is 1. The molecule has 0 aromatic heterocycles. The zero-order valence-electron chi connectivity index (χ0n) is 10.6. The lowest BCUT2D eigenvalue weighted by Crippen LogP contribution is -2.29. The molecule has 0 aliphatic heterocycles. The van der Waals surface area contributed by atoms with Crippen LogP contribution in [0.4, 0.5) is 0 Å². The first kappa shape index (κ1) is 12.7. The van der Waals surface area contributed by atoms with Gasteiger partial charge in [0.05, 0.1) is 5.97 Å². The van der Waals surface area contributed by atoms with Gasteiger partial charge < -0.3 is 9.90 Å². The summed E-state index contributed by atoms with van der Waals surface area (Å²) in [5.74, 6) is 0.796. The van der Waals surface area contributed by atoms with E-state index < -0.39 is 5.97 Å². The van der Waals surface area contributed by atoms with Crippen LogP contribution in [-0.2, 0) is 4.79 Å². The summed E-state index contributed by atoms with van der Waals surface area (Å²) < 4.78 is 0. The Morgan fingerprint density at radius 1 is 1.06 bits per heavy atom. The van der Waals surface area contributed by atoms with Crippen LogP contribution in [-0.4, -0.2) is 5.97 Å². The predicted molar refractivity (Wildman–Crippen MR) is 66.2 cm³/mol. The Morgan fingerprint density at radius 2 is 1.76 bits per heavy atom. The smallest absolute Gasteiger partial charge is 0.0671 e. The Bertz CT molecular complexity index is 291. The number of carbonyl (C=O) groups is 1. The van der Waals surface area contributed by atoms with Crippen molar-refractivity contribution in [2.45, 2.75) is 57.8 Å². The van der Waals surface area contributed by atoms with Crippen molar-refractivity contribution in [1.82, 2.24) is 0 Å². The van der Waals surface area contributed by atoms with Crippen molar-refractivity contribution in [2.24, 2.45) is 17.8 Å². The summed E-state index contributed by atoms with van der Waals surface area (Å²) in [5.41, 5.74) is 0.340. The second-order valence-corrected chi connectivity index (χ2v) is 5.93. The summed E-state index contributed by atoms with van der Waals surface area (Å²) in [6.07, 6.45) is 11.1. The van der Waals surface area contributed by atoms with E-state index >= 15 is 0 Å². The Morgan fingerprint density at radius 3 is 2.41 bits per heavy atom. The van der Waals surface area contributed by atoms with E-state index in [1.807, 2.05) is 0 Å². The molecule has 2 aliphatic rings. The van der Waals surface area contributed by atoms with Crippen LogP contribution in [0.2, 0.25) is 0 Å². The van der Waals surface area contributed by atoms with Crippen molar-refractivity contribution >= 4 is 5.97 Å². The highest BCUT2D eigenvalue weighted by atomic mass is 16.4. The highest BCUT2D eigenvalue weighted by Gasteiger charge is 2.28. The summed E-state index contributed by atoms with van der Waals surface area (Å²) in [4.78, 5) is 10.9. The van der Waals surface area contributed by atoms with Gasteiger partial charge in [0.25, 0.3) is 0 Å². The minimum absolute atomic E-state index is 0.170. The highest BCUT2D eigenvalue weighted by molar-refractivity contribution is 5.84. The molecule has 2 aliphatic carbocycles. The first-order valence-electron chi connectivity index (χ1n) is 7.07. The fourth-order valence-electron chi connectivity index (χ4n) is 3.16. The summed E-state index contributed by atoms with van der Waals surface area (Å²) in [7, 11) is 0. The number of hydrogen-bond acceptors (Lipinski definition) is 2. The first-order chi connectivity index (χ1) is 8.16. The van der Waals surface area contributed by atoms with Gasteiger partial charge in [0.1, 0.15) is 0 Å². The number of carboxylic acid groups (broad SMARTS) is 1. The molecule has 2 nitrogen and oxygen atoms in total. The van der Waals surface area contributed by atoms with E-state index in [2.05, 4.69) is 6.58 Å². The van der Waals surface area contributed by atoms with E-state index in [-0.39, 0.29) is 5.92 Å². The molecule has 0 bridgehead atoms. The van der Waals surface area contributed by atoms with Crippen LogP contribution >= 0.6 is 0 Å². The maximum atomic E-state index is 10.9. The van der Waals surface area contributed by atoms with Crippen molar-refractivity contribution < 1.29 is 9.90 Å². The van der Waals surface area contributed by atoms with Crippen LogP contribution in [0, 0.1) is 17.8 Å². The second-order valence-electron chi connectivity index (χ2n) is 5.93. The molecule has 0 spiro atoms. The van der Waals surface area contributed by atoms with Gasteiger partial charge in [-0.15, -0.1) is 0 Å². The first-order valence-corrected chi connectivity index (χ1v) is 7.07. The Labute approximate surface area is 104 Å². The molecule has 0 N–H and O–H groups in total. The quantitative estimate of drug-likeness (QED) is 0.703. The van der Waals surface area contributed by atoms with Crippen molar-refractivity contribution in [3.63, 3.8) is 0 Å². The molecule has 0 saturated heterocycles. The van der Waals surface area contributed by atoms with E-state index in [0.29, 0.717) is 5.57 Å². The van der Waals surface area contributed by atoms with E-state index in [9.17, 15) is 9.90 Å². The molecule has 17 heavy (non-hydrogen) atoms. The van der Waals surface area contributed by atoms with Gasteiger partial charge >= 0.3 is 0 Å². The molecule has 2 rings (SSSR count). The van der Waals surface area contributed by atoms with Crippen LogP contribution in [0.25, 0.3) is 0 Å². The topological polar surface area (TPSA) is 40.1 Å². The predicted octanol–water partition coefficient (Wildman–Crippen LogP) is 2.68. The van der Waals surface area contributed by atoms with Gasteiger partial charge in [0.2, 0.25) is 0 Å². The van der Waals surface area contributed by atoms with Crippen LogP contribution in [0.1, 0.15) is 57.8 Å². The van der Waals surface area contributed by atoms with E-state index in [4.69, 9.17) is 0 Å². The van der Waals surface area contributed by atoms with Crippen molar-refractivity contribution in [2.75, 3.05) is 0 Å². The normalized spacial score (nSPS) is 30.4. The highest BCUT2D eigenvalue weighted by Crippen LogP contribution is 2.41. The van der Waals surface area contributed by atoms with Gasteiger partial charge in [-0.1, -0.05) is 45.1 Å². The van der Waals surface area contributed by atoms with E-state index in [1.54, 1.807) is 0 Å². The molecule has 0 radical (unpaired) electrons. The second kappa shape index (κ2) is 5.70. The molecule has 0 heterocycles. The Kier molecular flexibility index (Phi) is 4.25. The lowest BCUT2D eigenvalue weighted by molar-refractivity contribution is -0.300. The average molecular weight is 235 g/mol. The fourth-order valence-corrected chi connectivity index (χ4v) is 3.16. The molecule has 2 atom stereocenters. The van der Waals surface area contributed by atoms with Gasteiger partial charge in [0, 0.05) is 0 Å². The van der Waals surface area contributed by atoms with Gasteiger partial charge in [-0.2, -0.15) is 0 Å². The number of rotatable bonds is 4. The Hall–Kier alpha value is -0.790. The van der Waals surface area contributed by atoms with Gasteiger partial charge in [-0.05, 0) is 42.6 Å². The zero-order chi connectivity index (χ0) is 12.3. The summed E-state index contributed by atoms with van der Waals surface area (Å²) in [6, 6.07) is 0. The van der Waals surface area contributed by atoms with Crippen molar-refractivity contribution in [1.29, 1.82) is 0 Å². The summed E-state index contributed by atoms with van der Waals surface area (Å²) in [6.45, 7) is 3.72. The summed E-state index contributed by atoms with van der Waals surface area (Å²) in [5, 5.41) is 10.9. The molecular weight excluding hydrogens is 212 g/mol.